The van der Waals surface area contributed by atoms with E-state index in [-0.39, 0.29) is 24.4 Å². The van der Waals surface area contributed by atoms with Gasteiger partial charge < -0.3 is 10.1 Å². The number of halogens is 2. The minimum atomic E-state index is -0.618. The van der Waals surface area contributed by atoms with E-state index in [2.05, 4.69) is 10.1 Å². The van der Waals surface area contributed by atoms with Crippen LogP contribution in [0.25, 0.3) is 0 Å². The molecule has 0 aliphatic carbocycles. The Hall–Kier alpha value is -1.67. The molecule has 0 amide bonds. The molecule has 1 aromatic rings. The highest BCUT2D eigenvalue weighted by atomic mass is 19.1. The van der Waals surface area contributed by atoms with Gasteiger partial charge in [0.25, 0.3) is 0 Å². The van der Waals surface area contributed by atoms with E-state index in [9.17, 15) is 8.78 Å². The zero-order valence-corrected chi connectivity index (χ0v) is 8.18. The van der Waals surface area contributed by atoms with Crippen LogP contribution in [0.5, 0.6) is 5.75 Å². The fourth-order valence-electron chi connectivity index (χ4n) is 1.11. The van der Waals surface area contributed by atoms with Crippen LogP contribution in [-0.4, -0.2) is 13.7 Å². The van der Waals surface area contributed by atoms with E-state index < -0.39 is 11.6 Å². The van der Waals surface area contributed by atoms with Crippen LogP contribution >= 0.6 is 0 Å². The van der Waals surface area contributed by atoms with Gasteiger partial charge >= 0.3 is 0 Å². The van der Waals surface area contributed by atoms with Crippen molar-refractivity contribution in [3.63, 3.8) is 0 Å². The Morgan fingerprint density at radius 3 is 2.73 bits per heavy atom. The number of benzene rings is 1. The van der Waals surface area contributed by atoms with Gasteiger partial charge in [-0.15, -0.1) is 0 Å². The fourth-order valence-corrected chi connectivity index (χ4v) is 1.11. The van der Waals surface area contributed by atoms with Crippen molar-refractivity contribution in [3.8, 4) is 11.8 Å². The molecule has 0 bridgehead atoms. The predicted octanol–water partition coefficient (Wildman–Crippen LogP) is 1.59. The number of hydrogen-bond acceptors (Lipinski definition) is 3. The molecule has 1 N–H and O–H groups in total. The van der Waals surface area contributed by atoms with Gasteiger partial charge in [-0.25, -0.2) is 8.78 Å². The second-order valence-corrected chi connectivity index (χ2v) is 2.84. The summed E-state index contributed by atoms with van der Waals surface area (Å²) in [7, 11) is 1.27. The summed E-state index contributed by atoms with van der Waals surface area (Å²) in [5, 5.41) is 10.9. The molecule has 3 nitrogen and oxygen atoms in total. The number of nitrogens with one attached hydrogen (secondary N) is 1. The number of rotatable bonds is 4. The van der Waals surface area contributed by atoms with Crippen molar-refractivity contribution in [1.82, 2.24) is 5.32 Å². The topological polar surface area (TPSA) is 45.0 Å². The molecule has 0 fully saturated rings. The zero-order chi connectivity index (χ0) is 11.3. The average molecular weight is 212 g/mol. The number of ether oxygens (including phenoxy) is 1. The first kappa shape index (κ1) is 11.4. The van der Waals surface area contributed by atoms with Crippen molar-refractivity contribution in [1.29, 1.82) is 5.26 Å². The molecule has 15 heavy (non-hydrogen) atoms. The first-order valence-corrected chi connectivity index (χ1v) is 4.28. The van der Waals surface area contributed by atoms with Crippen molar-refractivity contribution < 1.29 is 13.5 Å². The Labute approximate surface area is 86.3 Å². The number of nitriles is 1. The van der Waals surface area contributed by atoms with Gasteiger partial charge in [-0.3, -0.25) is 0 Å². The van der Waals surface area contributed by atoms with Crippen molar-refractivity contribution in [2.24, 2.45) is 0 Å². The number of hydrogen-bond donors (Lipinski definition) is 1. The number of nitrogens with zero attached hydrogens (tertiary/aromatic N) is 1. The van der Waals surface area contributed by atoms with E-state index in [1.807, 2.05) is 6.07 Å². The van der Waals surface area contributed by atoms with E-state index in [1.54, 1.807) is 0 Å². The molecule has 0 heterocycles. The molecule has 0 unspecified atom stereocenters. The fraction of sp³-hybridized carbons (Fsp3) is 0.300. The summed E-state index contributed by atoms with van der Waals surface area (Å²) in [6.45, 7) is 0.202. The third-order valence-electron chi connectivity index (χ3n) is 1.84. The largest absolute Gasteiger partial charge is 0.494 e. The molecular formula is C10H10F2N2O. The predicted molar refractivity (Wildman–Crippen MR) is 50.2 cm³/mol. The molecule has 0 aliphatic rings. The van der Waals surface area contributed by atoms with Crippen LogP contribution in [0.4, 0.5) is 8.78 Å². The van der Waals surface area contributed by atoms with Crippen LogP contribution in [0.2, 0.25) is 0 Å². The van der Waals surface area contributed by atoms with Gasteiger partial charge in [-0.1, -0.05) is 0 Å². The lowest BCUT2D eigenvalue weighted by atomic mass is 10.2. The SMILES string of the molecule is COc1cc(F)c(CNCC#N)cc1F. The van der Waals surface area contributed by atoms with Crippen LogP contribution in [-0.2, 0) is 6.54 Å². The summed E-state index contributed by atoms with van der Waals surface area (Å²) >= 11 is 0. The van der Waals surface area contributed by atoms with Gasteiger partial charge in [0.2, 0.25) is 0 Å². The van der Waals surface area contributed by atoms with Crippen LogP contribution in [0.3, 0.4) is 0 Å². The average Bonchev–Trinajstić information content (AvgIpc) is 2.23. The highest BCUT2D eigenvalue weighted by molar-refractivity contribution is 5.30. The third-order valence-corrected chi connectivity index (χ3v) is 1.84. The summed E-state index contributed by atoms with van der Waals surface area (Å²) in [4.78, 5) is 0. The highest BCUT2D eigenvalue weighted by Crippen LogP contribution is 2.20. The molecule has 5 heteroatoms. The second kappa shape index (κ2) is 5.27. The van der Waals surface area contributed by atoms with E-state index in [1.165, 1.54) is 7.11 Å². The Bertz CT molecular complexity index is 388. The smallest absolute Gasteiger partial charge is 0.165 e. The number of methoxy groups -OCH3 is 1. The maximum absolute atomic E-state index is 13.3. The first-order valence-electron chi connectivity index (χ1n) is 4.28. The van der Waals surface area contributed by atoms with E-state index in [0.29, 0.717) is 0 Å². The molecule has 80 valence electrons. The van der Waals surface area contributed by atoms with Crippen molar-refractivity contribution >= 4 is 0 Å². The van der Waals surface area contributed by atoms with Crippen LogP contribution in [0.1, 0.15) is 5.56 Å². The molecule has 0 spiro atoms. The van der Waals surface area contributed by atoms with Gasteiger partial charge in [0, 0.05) is 18.2 Å². The first-order chi connectivity index (χ1) is 7.19. The van der Waals surface area contributed by atoms with Crippen LogP contribution < -0.4 is 10.1 Å². The van der Waals surface area contributed by atoms with E-state index in [0.717, 1.165) is 12.1 Å². The summed E-state index contributed by atoms with van der Waals surface area (Å²) in [6, 6.07) is 3.88. The van der Waals surface area contributed by atoms with E-state index >= 15 is 0 Å². The summed E-state index contributed by atoms with van der Waals surface area (Å²) in [5.74, 6) is -1.30. The second-order valence-electron chi connectivity index (χ2n) is 2.84. The standard InChI is InChI=1S/C10H10F2N2O/c1-15-10-5-8(11)7(4-9(10)12)6-14-3-2-13/h4-5,14H,3,6H2,1H3. The quantitative estimate of drug-likeness (QED) is 0.608. The summed E-state index contributed by atoms with van der Waals surface area (Å²) in [6.07, 6.45) is 0. The molecule has 0 radical (unpaired) electrons. The van der Waals surface area contributed by atoms with Crippen LogP contribution in [0.15, 0.2) is 12.1 Å². The zero-order valence-electron chi connectivity index (χ0n) is 8.18. The van der Waals surface area contributed by atoms with Crippen molar-refractivity contribution in [2.45, 2.75) is 6.54 Å². The molecule has 0 aromatic heterocycles. The lowest BCUT2D eigenvalue weighted by Gasteiger charge is -2.06. The maximum Gasteiger partial charge on any atom is 0.165 e. The maximum atomic E-state index is 13.3. The molecule has 0 saturated carbocycles. The molecule has 0 aliphatic heterocycles. The third kappa shape index (κ3) is 2.89. The Balaban J connectivity index is 2.81. The van der Waals surface area contributed by atoms with Crippen LogP contribution in [0, 0.1) is 23.0 Å². The lowest BCUT2D eigenvalue weighted by molar-refractivity contribution is 0.381. The Morgan fingerprint density at radius 2 is 2.13 bits per heavy atom. The Morgan fingerprint density at radius 1 is 1.40 bits per heavy atom. The normalized spacial score (nSPS) is 9.73. The van der Waals surface area contributed by atoms with Crippen molar-refractivity contribution in [3.05, 3.63) is 29.3 Å². The van der Waals surface area contributed by atoms with E-state index in [4.69, 9.17) is 5.26 Å². The molecule has 1 aromatic carbocycles. The van der Waals surface area contributed by atoms with Crippen molar-refractivity contribution in [2.75, 3.05) is 13.7 Å². The molecule has 0 atom stereocenters. The minimum absolute atomic E-state index is 0.0904. The monoisotopic (exact) mass is 212 g/mol. The van der Waals surface area contributed by atoms with Gasteiger partial charge in [-0.2, -0.15) is 5.26 Å². The highest BCUT2D eigenvalue weighted by Gasteiger charge is 2.09. The van der Waals surface area contributed by atoms with Gasteiger partial charge in [0.05, 0.1) is 19.7 Å². The molecular weight excluding hydrogens is 202 g/mol. The lowest BCUT2D eigenvalue weighted by Crippen LogP contribution is -2.14. The summed E-state index contributed by atoms with van der Waals surface area (Å²) in [5.41, 5.74) is 0.170. The Kier molecular flexibility index (Phi) is 4.01. The molecule has 0 saturated heterocycles. The summed E-state index contributed by atoms with van der Waals surface area (Å²) < 4.78 is 31.0. The van der Waals surface area contributed by atoms with Gasteiger partial charge in [0.1, 0.15) is 5.82 Å². The van der Waals surface area contributed by atoms with Gasteiger partial charge in [0.15, 0.2) is 11.6 Å². The van der Waals surface area contributed by atoms with Gasteiger partial charge in [-0.05, 0) is 6.07 Å². The minimum Gasteiger partial charge on any atom is -0.494 e. The molecule has 1 rings (SSSR count).